The van der Waals surface area contributed by atoms with Crippen LogP contribution in [0.4, 0.5) is 11.4 Å². The van der Waals surface area contributed by atoms with Crippen LogP contribution in [-0.4, -0.2) is 36.1 Å². The lowest BCUT2D eigenvalue weighted by Crippen LogP contribution is -2.32. The van der Waals surface area contributed by atoms with Gasteiger partial charge in [0, 0.05) is 37.8 Å². The number of hydrogen-bond donors (Lipinski definition) is 2. The fraction of sp³-hybridized carbons (Fsp3) is 0.364. The summed E-state index contributed by atoms with van der Waals surface area (Å²) in [6.07, 6.45) is -0.0701. The van der Waals surface area contributed by atoms with Crippen LogP contribution in [0.25, 0.3) is 0 Å². The number of aliphatic carboxylic acids is 1. The molecule has 0 amide bonds. The Morgan fingerprint density at radius 1 is 1.56 bits per heavy atom. The highest BCUT2D eigenvalue weighted by Gasteiger charge is 2.20. The summed E-state index contributed by atoms with van der Waals surface area (Å²) in [5.74, 6) is -1.18. The second kappa shape index (κ2) is 5.46. The molecule has 0 aliphatic heterocycles. The Morgan fingerprint density at radius 3 is 2.61 bits per heavy atom. The highest BCUT2D eigenvalue weighted by atomic mass is 16.6. The fourth-order valence-corrected chi connectivity index (χ4v) is 1.50. The van der Waals surface area contributed by atoms with Crippen LogP contribution in [0.1, 0.15) is 5.56 Å². The molecule has 7 heteroatoms. The number of nitro groups is 1. The van der Waals surface area contributed by atoms with Crippen LogP contribution in [0, 0.1) is 10.1 Å². The Morgan fingerprint density at radius 2 is 2.17 bits per heavy atom. The normalized spacial score (nSPS) is 11.9. The number of benzene rings is 1. The van der Waals surface area contributed by atoms with Gasteiger partial charge in [-0.05, 0) is 6.07 Å². The van der Waals surface area contributed by atoms with Crippen molar-refractivity contribution in [3.63, 3.8) is 0 Å². The summed E-state index contributed by atoms with van der Waals surface area (Å²) in [4.78, 5) is 22.8. The predicted molar refractivity (Wildman–Crippen MR) is 66.7 cm³/mol. The number of nitrogens with zero attached hydrogens (tertiary/aromatic N) is 2. The predicted octanol–water partition coefficient (Wildman–Crippen LogP) is 0.615. The number of anilines is 1. The minimum Gasteiger partial charge on any atom is -0.480 e. The van der Waals surface area contributed by atoms with E-state index in [1.54, 1.807) is 25.1 Å². The lowest BCUT2D eigenvalue weighted by atomic mass is 10.0. The quantitative estimate of drug-likeness (QED) is 0.587. The van der Waals surface area contributed by atoms with Crippen LogP contribution in [0.15, 0.2) is 18.2 Å². The van der Waals surface area contributed by atoms with E-state index in [-0.39, 0.29) is 12.1 Å². The maximum absolute atomic E-state index is 10.9. The molecule has 0 spiro atoms. The van der Waals surface area contributed by atoms with Gasteiger partial charge in [0.1, 0.15) is 6.04 Å². The number of carboxylic acids is 1. The van der Waals surface area contributed by atoms with Crippen molar-refractivity contribution < 1.29 is 14.8 Å². The first kappa shape index (κ1) is 13.9. The van der Waals surface area contributed by atoms with Crippen molar-refractivity contribution in [1.82, 2.24) is 0 Å². The van der Waals surface area contributed by atoms with E-state index in [0.29, 0.717) is 11.3 Å². The zero-order valence-corrected chi connectivity index (χ0v) is 10.2. The molecule has 1 atom stereocenters. The lowest BCUT2D eigenvalue weighted by Gasteiger charge is -2.14. The standard InChI is InChI=1S/C11H15N3O4/c1-13(2)8-4-3-7(5-9(12)11(15)16)10(6-8)14(17)18/h3-4,6,9H,5,12H2,1-2H3,(H,15,16). The average molecular weight is 253 g/mol. The number of nitro benzene ring substituents is 1. The van der Waals surface area contributed by atoms with Crippen LogP contribution in [0.2, 0.25) is 0 Å². The Bertz CT molecular complexity index is 473. The molecule has 0 aliphatic rings. The Kier molecular flexibility index (Phi) is 4.22. The van der Waals surface area contributed by atoms with Crippen molar-refractivity contribution in [3.8, 4) is 0 Å². The molecule has 1 rings (SSSR count). The molecule has 0 saturated heterocycles. The van der Waals surface area contributed by atoms with E-state index in [2.05, 4.69) is 0 Å². The maximum Gasteiger partial charge on any atom is 0.320 e. The summed E-state index contributed by atoms with van der Waals surface area (Å²) in [6, 6.07) is 3.49. The topological polar surface area (TPSA) is 110 Å². The number of nitrogens with two attached hydrogens (primary N) is 1. The van der Waals surface area contributed by atoms with Crippen LogP contribution in [-0.2, 0) is 11.2 Å². The van der Waals surface area contributed by atoms with Gasteiger partial charge in [-0.25, -0.2) is 0 Å². The van der Waals surface area contributed by atoms with E-state index in [0.717, 1.165) is 0 Å². The van der Waals surface area contributed by atoms with Crippen molar-refractivity contribution in [2.24, 2.45) is 5.73 Å². The smallest absolute Gasteiger partial charge is 0.320 e. The molecule has 0 radical (unpaired) electrons. The van der Waals surface area contributed by atoms with Gasteiger partial charge in [-0.3, -0.25) is 14.9 Å². The third-order valence-corrected chi connectivity index (χ3v) is 2.54. The SMILES string of the molecule is CN(C)c1ccc(CC(N)C(=O)O)c([N+](=O)[O-])c1. The molecule has 0 aromatic heterocycles. The first-order valence-electron chi connectivity index (χ1n) is 5.26. The van der Waals surface area contributed by atoms with E-state index < -0.39 is 16.9 Å². The minimum absolute atomic E-state index is 0.0701. The zero-order chi connectivity index (χ0) is 13.9. The largest absolute Gasteiger partial charge is 0.480 e. The Hall–Kier alpha value is -2.15. The van der Waals surface area contributed by atoms with Crippen molar-refractivity contribution >= 4 is 17.3 Å². The van der Waals surface area contributed by atoms with Gasteiger partial charge >= 0.3 is 5.97 Å². The van der Waals surface area contributed by atoms with E-state index >= 15 is 0 Å². The minimum atomic E-state index is -1.18. The highest BCUT2D eigenvalue weighted by Crippen LogP contribution is 2.25. The number of rotatable bonds is 5. The maximum atomic E-state index is 10.9. The molecule has 3 N–H and O–H groups in total. The van der Waals surface area contributed by atoms with Gasteiger partial charge in [0.05, 0.1) is 4.92 Å². The van der Waals surface area contributed by atoms with Crippen molar-refractivity contribution in [2.75, 3.05) is 19.0 Å². The first-order valence-corrected chi connectivity index (χ1v) is 5.26. The van der Waals surface area contributed by atoms with Crippen molar-refractivity contribution in [2.45, 2.75) is 12.5 Å². The lowest BCUT2D eigenvalue weighted by molar-refractivity contribution is -0.385. The fourth-order valence-electron chi connectivity index (χ4n) is 1.50. The summed E-state index contributed by atoms with van der Waals surface area (Å²) in [5.41, 5.74) is 6.27. The number of carbonyl (C=O) groups is 1. The van der Waals surface area contributed by atoms with Crippen molar-refractivity contribution in [1.29, 1.82) is 0 Å². The third-order valence-electron chi connectivity index (χ3n) is 2.54. The van der Waals surface area contributed by atoms with Crippen LogP contribution in [0.5, 0.6) is 0 Å². The average Bonchev–Trinajstić information content (AvgIpc) is 2.28. The molecule has 98 valence electrons. The van der Waals surface area contributed by atoms with Gasteiger partial charge in [0.2, 0.25) is 0 Å². The number of carboxylic acid groups (broad SMARTS) is 1. The zero-order valence-electron chi connectivity index (χ0n) is 10.2. The molecule has 0 aliphatic carbocycles. The highest BCUT2D eigenvalue weighted by molar-refractivity contribution is 5.74. The van der Waals surface area contributed by atoms with E-state index in [1.165, 1.54) is 12.1 Å². The van der Waals surface area contributed by atoms with Gasteiger partial charge in [-0.15, -0.1) is 0 Å². The summed E-state index contributed by atoms with van der Waals surface area (Å²) in [6.45, 7) is 0. The summed E-state index contributed by atoms with van der Waals surface area (Å²) >= 11 is 0. The van der Waals surface area contributed by atoms with Crippen LogP contribution < -0.4 is 10.6 Å². The molecular weight excluding hydrogens is 238 g/mol. The van der Waals surface area contributed by atoms with Gasteiger partial charge < -0.3 is 15.7 Å². The molecule has 1 aromatic carbocycles. The molecule has 1 unspecified atom stereocenters. The Labute approximate surface area is 104 Å². The van der Waals surface area contributed by atoms with Crippen molar-refractivity contribution in [3.05, 3.63) is 33.9 Å². The second-order valence-corrected chi connectivity index (χ2v) is 4.11. The molecule has 0 bridgehead atoms. The van der Waals surface area contributed by atoms with Gasteiger partial charge in [-0.2, -0.15) is 0 Å². The van der Waals surface area contributed by atoms with Crippen LogP contribution in [0.3, 0.4) is 0 Å². The van der Waals surface area contributed by atoms with E-state index in [9.17, 15) is 14.9 Å². The van der Waals surface area contributed by atoms with E-state index in [4.69, 9.17) is 10.8 Å². The summed E-state index contributed by atoms with van der Waals surface area (Å²) in [5, 5.41) is 19.7. The van der Waals surface area contributed by atoms with Crippen LogP contribution >= 0.6 is 0 Å². The van der Waals surface area contributed by atoms with Gasteiger partial charge in [0.15, 0.2) is 0 Å². The number of hydrogen-bond acceptors (Lipinski definition) is 5. The summed E-state index contributed by atoms with van der Waals surface area (Å²) in [7, 11) is 3.53. The molecular formula is C11H15N3O4. The van der Waals surface area contributed by atoms with E-state index in [1.807, 2.05) is 0 Å². The monoisotopic (exact) mass is 253 g/mol. The molecule has 7 nitrogen and oxygen atoms in total. The summed E-state index contributed by atoms with van der Waals surface area (Å²) < 4.78 is 0. The molecule has 0 heterocycles. The van der Waals surface area contributed by atoms with Gasteiger partial charge in [0.25, 0.3) is 5.69 Å². The van der Waals surface area contributed by atoms with Gasteiger partial charge in [-0.1, -0.05) is 6.07 Å². The molecule has 18 heavy (non-hydrogen) atoms. The molecule has 1 aromatic rings. The first-order chi connectivity index (χ1) is 8.32. The second-order valence-electron chi connectivity index (χ2n) is 4.11. The Balaban J connectivity index is 3.12. The third kappa shape index (κ3) is 3.17. The molecule has 0 fully saturated rings. The molecule has 0 saturated carbocycles.